The van der Waals surface area contributed by atoms with E-state index in [1.165, 1.54) is 0 Å². The second-order valence-corrected chi connectivity index (χ2v) is 5.15. The zero-order valence-electron chi connectivity index (χ0n) is 12.9. The van der Waals surface area contributed by atoms with Crippen LogP contribution in [0.15, 0.2) is 59.3 Å². The summed E-state index contributed by atoms with van der Waals surface area (Å²) in [5.74, 6) is 0.382. The number of ether oxygens (including phenoxy) is 1. The maximum absolute atomic E-state index is 11.7. The summed E-state index contributed by atoms with van der Waals surface area (Å²) in [5, 5.41) is 0. The van der Waals surface area contributed by atoms with Gasteiger partial charge in [0.1, 0.15) is 0 Å². The first kappa shape index (κ1) is 15.7. The van der Waals surface area contributed by atoms with Crippen LogP contribution in [0.2, 0.25) is 0 Å². The maximum Gasteiger partial charge on any atom is 0.306 e. The fourth-order valence-electron chi connectivity index (χ4n) is 2.17. The fourth-order valence-corrected chi connectivity index (χ4v) is 2.17. The summed E-state index contributed by atoms with van der Waals surface area (Å²) >= 11 is 0. The topological polar surface area (TPSA) is 85.2 Å². The molecule has 6 nitrogen and oxygen atoms in total. The number of nitrogens with one attached hydrogen (secondary N) is 1. The van der Waals surface area contributed by atoms with Crippen molar-refractivity contribution < 1.29 is 18.7 Å². The van der Waals surface area contributed by atoms with Crippen molar-refractivity contribution in [3.63, 3.8) is 0 Å². The van der Waals surface area contributed by atoms with Gasteiger partial charge in [0.25, 0.3) is 0 Å². The molecule has 2 heterocycles. The number of aryl methyl sites for hydroxylation is 1. The van der Waals surface area contributed by atoms with Gasteiger partial charge in [-0.25, -0.2) is 4.98 Å². The Kier molecular flexibility index (Phi) is 4.86. The van der Waals surface area contributed by atoms with Gasteiger partial charge in [0, 0.05) is 18.2 Å². The molecule has 122 valence electrons. The number of hydrogen-bond acceptors (Lipinski definition) is 5. The number of H-pyrrole nitrogens is 1. The molecule has 0 radical (unpaired) electrons. The molecule has 24 heavy (non-hydrogen) atoms. The van der Waals surface area contributed by atoms with Crippen LogP contribution in [-0.2, 0) is 16.0 Å². The van der Waals surface area contributed by atoms with E-state index in [9.17, 15) is 9.59 Å². The molecule has 2 aromatic heterocycles. The first-order chi connectivity index (χ1) is 11.7. The molecular weight excluding hydrogens is 308 g/mol. The molecule has 1 aromatic carbocycles. The zero-order valence-corrected chi connectivity index (χ0v) is 12.9. The van der Waals surface area contributed by atoms with E-state index in [1.807, 2.05) is 30.3 Å². The lowest BCUT2D eigenvalue weighted by molar-refractivity contribution is -0.142. The number of carbonyl (C=O) groups is 2. The number of esters is 1. The Labute approximate surface area is 138 Å². The quantitative estimate of drug-likeness (QED) is 0.533. The predicted octanol–water partition coefficient (Wildman–Crippen LogP) is 3.03. The van der Waals surface area contributed by atoms with Crippen molar-refractivity contribution in [2.75, 3.05) is 6.61 Å². The number of ketones is 1. The van der Waals surface area contributed by atoms with E-state index in [0.29, 0.717) is 23.8 Å². The third kappa shape index (κ3) is 3.98. The van der Waals surface area contributed by atoms with E-state index in [0.717, 1.165) is 5.56 Å². The predicted molar refractivity (Wildman–Crippen MR) is 86.3 cm³/mol. The average Bonchev–Trinajstić information content (AvgIpc) is 3.30. The Hall–Kier alpha value is -3.15. The summed E-state index contributed by atoms with van der Waals surface area (Å²) in [5.41, 5.74) is 1.35. The second-order valence-electron chi connectivity index (χ2n) is 5.15. The summed E-state index contributed by atoms with van der Waals surface area (Å²) in [6.45, 7) is -0.278. The Morgan fingerprint density at radius 3 is 2.71 bits per heavy atom. The van der Waals surface area contributed by atoms with Crippen molar-refractivity contribution >= 4 is 11.8 Å². The number of nitrogens with zero attached hydrogens (tertiary/aromatic N) is 1. The highest BCUT2D eigenvalue weighted by Gasteiger charge is 2.12. The molecule has 0 saturated heterocycles. The zero-order chi connectivity index (χ0) is 16.8. The molecule has 0 bridgehead atoms. The van der Waals surface area contributed by atoms with Gasteiger partial charge in [-0.05, 0) is 12.1 Å². The van der Waals surface area contributed by atoms with E-state index in [4.69, 9.17) is 9.15 Å². The van der Waals surface area contributed by atoms with Gasteiger partial charge < -0.3 is 14.1 Å². The SMILES string of the molecule is O=C(CCc1ncc(-c2ccccc2)o1)OCC(=O)c1ccc[nH]1. The maximum atomic E-state index is 11.7. The molecule has 0 spiro atoms. The molecule has 0 aliphatic carbocycles. The molecule has 0 aliphatic heterocycles. The van der Waals surface area contributed by atoms with Gasteiger partial charge in [-0.15, -0.1) is 0 Å². The molecule has 3 rings (SSSR count). The van der Waals surface area contributed by atoms with Crippen molar-refractivity contribution in [3.05, 3.63) is 66.4 Å². The fraction of sp³-hybridized carbons (Fsp3) is 0.167. The third-order valence-corrected chi connectivity index (χ3v) is 3.42. The molecule has 0 aliphatic rings. The third-order valence-electron chi connectivity index (χ3n) is 3.42. The van der Waals surface area contributed by atoms with E-state index in [1.54, 1.807) is 24.5 Å². The van der Waals surface area contributed by atoms with Gasteiger partial charge in [0.15, 0.2) is 18.3 Å². The molecule has 0 fully saturated rings. The van der Waals surface area contributed by atoms with E-state index in [2.05, 4.69) is 9.97 Å². The Bertz CT molecular complexity index is 807. The second kappa shape index (κ2) is 7.41. The van der Waals surface area contributed by atoms with Gasteiger partial charge in [-0.1, -0.05) is 30.3 Å². The van der Waals surface area contributed by atoms with Crippen molar-refractivity contribution in [2.45, 2.75) is 12.8 Å². The summed E-state index contributed by atoms with van der Waals surface area (Å²) in [6, 6.07) is 12.9. The smallest absolute Gasteiger partial charge is 0.306 e. The van der Waals surface area contributed by atoms with Gasteiger partial charge in [0.2, 0.25) is 5.78 Å². The highest BCUT2D eigenvalue weighted by atomic mass is 16.5. The summed E-state index contributed by atoms with van der Waals surface area (Å²) in [6.07, 6.45) is 3.70. The van der Waals surface area contributed by atoms with Crippen molar-refractivity contribution in [2.24, 2.45) is 0 Å². The number of carbonyl (C=O) groups excluding carboxylic acids is 2. The van der Waals surface area contributed by atoms with Crippen molar-refractivity contribution in [1.29, 1.82) is 0 Å². The van der Waals surface area contributed by atoms with Crippen LogP contribution < -0.4 is 0 Å². The monoisotopic (exact) mass is 324 g/mol. The lowest BCUT2D eigenvalue weighted by Crippen LogP contribution is -2.14. The molecule has 0 atom stereocenters. The lowest BCUT2D eigenvalue weighted by atomic mass is 10.2. The molecule has 0 saturated carbocycles. The van der Waals surface area contributed by atoms with Crippen LogP contribution in [0.25, 0.3) is 11.3 Å². The van der Waals surface area contributed by atoms with E-state index >= 15 is 0 Å². The van der Waals surface area contributed by atoms with Crippen LogP contribution in [0.4, 0.5) is 0 Å². The summed E-state index contributed by atoms with van der Waals surface area (Å²) in [7, 11) is 0. The van der Waals surface area contributed by atoms with Crippen LogP contribution in [0, 0.1) is 0 Å². The van der Waals surface area contributed by atoms with Crippen LogP contribution in [0.5, 0.6) is 0 Å². The number of aromatic nitrogens is 2. The molecule has 0 unspecified atom stereocenters. The Morgan fingerprint density at radius 1 is 1.12 bits per heavy atom. The number of rotatable bonds is 7. The van der Waals surface area contributed by atoms with Gasteiger partial charge >= 0.3 is 5.97 Å². The van der Waals surface area contributed by atoms with E-state index in [-0.39, 0.29) is 18.8 Å². The first-order valence-electron chi connectivity index (χ1n) is 7.55. The van der Waals surface area contributed by atoms with Crippen LogP contribution in [0.3, 0.4) is 0 Å². The molecule has 0 amide bonds. The summed E-state index contributed by atoms with van der Waals surface area (Å²) in [4.78, 5) is 30.3. The van der Waals surface area contributed by atoms with Crippen LogP contribution in [0.1, 0.15) is 22.8 Å². The van der Waals surface area contributed by atoms with Crippen molar-refractivity contribution in [3.8, 4) is 11.3 Å². The minimum Gasteiger partial charge on any atom is -0.457 e. The average molecular weight is 324 g/mol. The van der Waals surface area contributed by atoms with Gasteiger partial charge in [0.05, 0.1) is 18.3 Å². The minimum atomic E-state index is -0.464. The standard InChI is InChI=1S/C18H16N2O4/c21-15(14-7-4-10-19-14)12-23-18(22)9-8-17-20-11-16(24-17)13-5-2-1-3-6-13/h1-7,10-11,19H,8-9,12H2. The minimum absolute atomic E-state index is 0.104. The highest BCUT2D eigenvalue weighted by molar-refractivity contribution is 5.96. The first-order valence-corrected chi connectivity index (χ1v) is 7.55. The normalized spacial score (nSPS) is 10.5. The van der Waals surface area contributed by atoms with Gasteiger partial charge in [-0.3, -0.25) is 9.59 Å². The van der Waals surface area contributed by atoms with Gasteiger partial charge in [-0.2, -0.15) is 0 Å². The number of Topliss-reactive ketones (excluding diaryl/α,β-unsaturated/α-hetero) is 1. The number of benzene rings is 1. The summed E-state index contributed by atoms with van der Waals surface area (Å²) < 4.78 is 10.6. The highest BCUT2D eigenvalue weighted by Crippen LogP contribution is 2.20. The van der Waals surface area contributed by atoms with Crippen LogP contribution >= 0.6 is 0 Å². The largest absolute Gasteiger partial charge is 0.457 e. The van der Waals surface area contributed by atoms with Crippen molar-refractivity contribution in [1.82, 2.24) is 9.97 Å². The Morgan fingerprint density at radius 2 is 1.96 bits per heavy atom. The van der Waals surface area contributed by atoms with Crippen LogP contribution in [-0.4, -0.2) is 28.3 Å². The van der Waals surface area contributed by atoms with E-state index < -0.39 is 5.97 Å². The molecular formula is C18H16N2O4. The lowest BCUT2D eigenvalue weighted by Gasteiger charge is -2.02. The number of hydrogen-bond donors (Lipinski definition) is 1. The molecule has 3 aromatic rings. The molecule has 6 heteroatoms. The number of oxazole rings is 1. The number of aromatic amines is 1. The molecule has 1 N–H and O–H groups in total. The Balaban J connectivity index is 1.46.